The third-order valence-corrected chi connectivity index (χ3v) is 7.71. The number of aromatic nitrogens is 1. The van der Waals surface area contributed by atoms with E-state index in [0.717, 1.165) is 30.7 Å². The Morgan fingerprint density at radius 1 is 1.20 bits per heavy atom. The second kappa shape index (κ2) is 8.58. The molecule has 2 heterocycles. The molecule has 2 aliphatic rings. The third kappa shape index (κ3) is 4.51. The smallest absolute Gasteiger partial charge is 0.368 e. The summed E-state index contributed by atoms with van der Waals surface area (Å²) in [5, 5.41) is -0.334. The molecule has 12 heteroatoms. The second-order valence-corrected chi connectivity index (χ2v) is 11.0. The second-order valence-electron chi connectivity index (χ2n) is 9.05. The Balaban J connectivity index is 1.82. The van der Waals surface area contributed by atoms with E-state index in [0.29, 0.717) is 25.3 Å². The van der Waals surface area contributed by atoms with E-state index in [9.17, 15) is 31.2 Å². The Morgan fingerprint density at radius 2 is 1.89 bits per heavy atom. The van der Waals surface area contributed by atoms with Crippen LogP contribution < -0.4 is 5.73 Å². The highest BCUT2D eigenvalue weighted by molar-refractivity contribution is 7.90. The molecule has 35 heavy (non-hydrogen) atoms. The van der Waals surface area contributed by atoms with Crippen molar-refractivity contribution in [1.82, 2.24) is 9.88 Å². The van der Waals surface area contributed by atoms with Gasteiger partial charge in [-0.1, -0.05) is 6.07 Å². The molecule has 2 aromatic rings. The number of benzene rings is 1. The average molecular weight is 514 g/mol. The zero-order chi connectivity index (χ0) is 25.8. The number of sulfone groups is 1. The van der Waals surface area contributed by atoms with Crippen molar-refractivity contribution < 1.29 is 35.6 Å². The summed E-state index contributed by atoms with van der Waals surface area (Å²) < 4.78 is 78.2. The summed E-state index contributed by atoms with van der Waals surface area (Å²) in [5.74, 6) is -3.92. The van der Waals surface area contributed by atoms with Crippen LogP contribution in [0.3, 0.4) is 0 Å². The van der Waals surface area contributed by atoms with Gasteiger partial charge in [0, 0.05) is 30.5 Å². The SMILES string of the molecule is CS(=O)(=O)c1cc(C(=O)N2CCC[C@@]2(C(N)=O)[C@H](c2ccc(C(F)(F)F)cc2F)C2CC2)ccn1. The van der Waals surface area contributed by atoms with Crippen LogP contribution in [0, 0.1) is 11.7 Å². The average Bonchev–Trinajstić information content (AvgIpc) is 3.50. The minimum absolute atomic E-state index is 0.0459. The molecule has 2 N–H and O–H groups in total. The van der Waals surface area contributed by atoms with Crippen LogP contribution in [0.25, 0.3) is 0 Å². The molecule has 7 nitrogen and oxygen atoms in total. The van der Waals surface area contributed by atoms with E-state index in [1.54, 1.807) is 0 Å². The Bertz CT molecular complexity index is 1290. The Kier molecular flexibility index (Phi) is 6.15. The van der Waals surface area contributed by atoms with E-state index >= 15 is 4.39 Å². The number of primary amides is 1. The molecule has 0 spiro atoms. The number of rotatable bonds is 6. The van der Waals surface area contributed by atoms with Crippen LogP contribution >= 0.6 is 0 Å². The predicted octanol–water partition coefficient (Wildman–Crippen LogP) is 3.30. The molecule has 1 aromatic heterocycles. The lowest BCUT2D eigenvalue weighted by atomic mass is 9.73. The van der Waals surface area contributed by atoms with Crippen molar-refractivity contribution in [3.63, 3.8) is 0 Å². The van der Waals surface area contributed by atoms with Gasteiger partial charge in [0.1, 0.15) is 11.4 Å². The monoisotopic (exact) mass is 513 g/mol. The molecule has 1 saturated heterocycles. The maximum atomic E-state index is 15.1. The minimum atomic E-state index is -4.75. The predicted molar refractivity (Wildman–Crippen MR) is 116 cm³/mol. The summed E-state index contributed by atoms with van der Waals surface area (Å²) in [7, 11) is -3.73. The molecule has 0 unspecified atom stereocenters. The van der Waals surface area contributed by atoms with Crippen molar-refractivity contribution in [2.75, 3.05) is 12.8 Å². The van der Waals surface area contributed by atoms with Gasteiger partial charge in [-0.25, -0.2) is 17.8 Å². The van der Waals surface area contributed by atoms with Gasteiger partial charge in [-0.05, 0) is 61.4 Å². The normalized spacial score (nSPS) is 21.7. The van der Waals surface area contributed by atoms with E-state index in [4.69, 9.17) is 5.73 Å². The van der Waals surface area contributed by atoms with Crippen LogP contribution in [0.1, 0.15) is 53.1 Å². The summed E-state index contributed by atoms with van der Waals surface area (Å²) in [5.41, 5.74) is 2.85. The summed E-state index contributed by atoms with van der Waals surface area (Å²) in [4.78, 5) is 31.5. The Hall–Kier alpha value is -3.02. The molecule has 1 aliphatic heterocycles. The van der Waals surface area contributed by atoms with E-state index in [1.807, 2.05) is 0 Å². The highest BCUT2D eigenvalue weighted by atomic mass is 32.2. The van der Waals surface area contributed by atoms with Gasteiger partial charge in [0.2, 0.25) is 5.91 Å². The molecule has 1 saturated carbocycles. The molecule has 188 valence electrons. The van der Waals surface area contributed by atoms with Crippen LogP contribution in [0.5, 0.6) is 0 Å². The highest BCUT2D eigenvalue weighted by Crippen LogP contribution is 2.54. The van der Waals surface area contributed by atoms with Crippen molar-refractivity contribution in [2.45, 2.75) is 48.3 Å². The molecule has 4 rings (SSSR count). The number of carbonyl (C=O) groups excluding carboxylic acids is 2. The molecule has 1 aromatic carbocycles. The fourth-order valence-corrected chi connectivity index (χ4v) is 5.64. The summed E-state index contributed by atoms with van der Waals surface area (Å²) in [6.07, 6.45) is -1.03. The van der Waals surface area contributed by atoms with Gasteiger partial charge in [0.05, 0.1) is 5.56 Å². The number of halogens is 4. The number of alkyl halides is 3. The van der Waals surface area contributed by atoms with E-state index in [2.05, 4.69) is 4.98 Å². The zero-order valence-corrected chi connectivity index (χ0v) is 19.5. The first kappa shape index (κ1) is 25.1. The van der Waals surface area contributed by atoms with Gasteiger partial charge < -0.3 is 10.6 Å². The van der Waals surface area contributed by atoms with Crippen molar-refractivity contribution >= 4 is 21.7 Å². The molecule has 2 atom stereocenters. The molecule has 0 bridgehead atoms. The van der Waals surface area contributed by atoms with Gasteiger partial charge in [-0.15, -0.1) is 0 Å². The number of pyridine rings is 1. The lowest BCUT2D eigenvalue weighted by Gasteiger charge is -2.43. The lowest BCUT2D eigenvalue weighted by Crippen LogP contribution is -2.60. The Morgan fingerprint density at radius 3 is 2.43 bits per heavy atom. The van der Waals surface area contributed by atoms with Gasteiger partial charge >= 0.3 is 6.18 Å². The third-order valence-electron chi connectivity index (χ3n) is 6.73. The number of hydrogen-bond donors (Lipinski definition) is 1. The number of amides is 2. The van der Waals surface area contributed by atoms with Crippen molar-refractivity contribution in [2.24, 2.45) is 11.7 Å². The first-order chi connectivity index (χ1) is 16.3. The quantitative estimate of drug-likeness (QED) is 0.596. The van der Waals surface area contributed by atoms with Gasteiger partial charge in [0.25, 0.3) is 5.91 Å². The standard InChI is InChI=1S/C23H23F4N3O4S/c1-35(33,34)18-11-14(7-9-29-18)20(31)30-10-2-8-22(30,21(28)32)19(13-3-4-13)16-6-5-15(12-17(16)24)23(25,26)27/h5-7,9,11-13,19H,2-4,8,10H2,1H3,(H2,28,32)/t19-,22-/m0/s1. The zero-order valence-electron chi connectivity index (χ0n) is 18.7. The van der Waals surface area contributed by atoms with Crippen LogP contribution in [0.4, 0.5) is 17.6 Å². The number of hydrogen-bond acceptors (Lipinski definition) is 5. The van der Waals surface area contributed by atoms with Crippen LogP contribution in [-0.2, 0) is 20.8 Å². The van der Waals surface area contributed by atoms with Crippen molar-refractivity contribution in [3.8, 4) is 0 Å². The number of carbonyl (C=O) groups is 2. The molecule has 2 amide bonds. The largest absolute Gasteiger partial charge is 0.416 e. The first-order valence-corrected chi connectivity index (χ1v) is 12.8. The summed E-state index contributed by atoms with van der Waals surface area (Å²) >= 11 is 0. The fourth-order valence-electron chi connectivity index (χ4n) is 5.04. The molecular weight excluding hydrogens is 490 g/mol. The lowest BCUT2D eigenvalue weighted by molar-refractivity contribution is -0.138. The molecule has 2 fully saturated rings. The van der Waals surface area contributed by atoms with Crippen molar-refractivity contribution in [1.29, 1.82) is 0 Å². The minimum Gasteiger partial charge on any atom is -0.368 e. The van der Waals surface area contributed by atoms with Crippen molar-refractivity contribution in [3.05, 3.63) is 59.0 Å². The van der Waals surface area contributed by atoms with Gasteiger partial charge in [0.15, 0.2) is 14.9 Å². The van der Waals surface area contributed by atoms with E-state index in [1.165, 1.54) is 11.0 Å². The van der Waals surface area contributed by atoms with Crippen LogP contribution in [0.15, 0.2) is 41.6 Å². The number of nitrogens with zero attached hydrogens (tertiary/aromatic N) is 2. The summed E-state index contributed by atoms with van der Waals surface area (Å²) in [6.45, 7) is 0.0871. The maximum Gasteiger partial charge on any atom is 0.416 e. The maximum absolute atomic E-state index is 15.1. The van der Waals surface area contributed by atoms with Gasteiger partial charge in [-0.3, -0.25) is 9.59 Å². The fraction of sp³-hybridized carbons (Fsp3) is 0.435. The number of likely N-dealkylation sites (tertiary alicyclic amines) is 1. The van der Waals surface area contributed by atoms with Crippen LogP contribution in [-0.4, -0.2) is 48.5 Å². The highest BCUT2D eigenvalue weighted by Gasteiger charge is 2.59. The topological polar surface area (TPSA) is 110 Å². The van der Waals surface area contributed by atoms with E-state index < -0.39 is 50.7 Å². The van der Waals surface area contributed by atoms with Gasteiger partial charge in [-0.2, -0.15) is 13.2 Å². The number of nitrogens with two attached hydrogens (primary N) is 1. The molecule has 0 radical (unpaired) electrons. The first-order valence-electron chi connectivity index (χ1n) is 10.9. The van der Waals surface area contributed by atoms with Crippen LogP contribution in [0.2, 0.25) is 0 Å². The Labute approximate surface area is 199 Å². The molecular formula is C23H23F4N3O4S. The summed E-state index contributed by atoms with van der Waals surface area (Å²) in [6, 6.07) is 4.55. The van der Waals surface area contributed by atoms with E-state index in [-0.39, 0.29) is 35.0 Å². The molecule has 1 aliphatic carbocycles.